The van der Waals surface area contributed by atoms with Gasteiger partial charge >= 0.3 is 0 Å². The number of hydrogen-bond donors (Lipinski definition) is 2. The first-order valence-corrected chi connectivity index (χ1v) is 13.1. The molecule has 0 unspecified atom stereocenters. The van der Waals surface area contributed by atoms with E-state index in [4.69, 9.17) is 9.72 Å². The first-order chi connectivity index (χ1) is 18.5. The maximum absolute atomic E-state index is 13.5. The Morgan fingerprint density at radius 3 is 2.39 bits per heavy atom. The van der Waals surface area contributed by atoms with Crippen molar-refractivity contribution in [2.24, 2.45) is 0 Å². The smallest absolute Gasteiger partial charge is 0.274 e. The Morgan fingerprint density at radius 2 is 1.66 bits per heavy atom. The minimum Gasteiger partial charge on any atom is -0.378 e. The van der Waals surface area contributed by atoms with Gasteiger partial charge in [-0.2, -0.15) is 4.98 Å². The average molecular weight is 513 g/mol. The van der Waals surface area contributed by atoms with Crippen LogP contribution in [0.1, 0.15) is 21.7 Å². The summed E-state index contributed by atoms with van der Waals surface area (Å²) in [6.45, 7) is 9.97. The second-order valence-electron chi connectivity index (χ2n) is 9.76. The molecule has 1 amide bonds. The van der Waals surface area contributed by atoms with Crippen molar-refractivity contribution in [1.29, 1.82) is 0 Å². The molecule has 2 aliphatic heterocycles. The molecule has 4 aromatic rings. The van der Waals surface area contributed by atoms with Gasteiger partial charge in [0, 0.05) is 73.8 Å². The second kappa shape index (κ2) is 10.3. The quantitative estimate of drug-likeness (QED) is 0.420. The molecule has 196 valence electrons. The van der Waals surface area contributed by atoms with Gasteiger partial charge in [0.25, 0.3) is 5.91 Å². The Labute approximate surface area is 221 Å². The molecule has 1 aromatic carbocycles. The monoisotopic (exact) mass is 512 g/mol. The van der Waals surface area contributed by atoms with Gasteiger partial charge < -0.3 is 29.7 Å². The van der Waals surface area contributed by atoms with Crippen LogP contribution in [0, 0.1) is 13.8 Å². The van der Waals surface area contributed by atoms with Crippen LogP contribution in [0.2, 0.25) is 0 Å². The molecule has 2 fully saturated rings. The zero-order valence-corrected chi connectivity index (χ0v) is 21.8. The highest BCUT2D eigenvalue weighted by atomic mass is 16.5. The van der Waals surface area contributed by atoms with Crippen LogP contribution in [-0.4, -0.2) is 78.3 Å². The number of aromatic amines is 1. The third-order valence-electron chi connectivity index (χ3n) is 7.37. The van der Waals surface area contributed by atoms with Crippen molar-refractivity contribution in [2.75, 3.05) is 72.5 Å². The normalized spacial score (nSPS) is 16.2. The summed E-state index contributed by atoms with van der Waals surface area (Å²) in [6.07, 6.45) is 1.82. The van der Waals surface area contributed by atoms with Gasteiger partial charge in [-0.15, -0.1) is 0 Å². The lowest BCUT2D eigenvalue weighted by Gasteiger charge is -2.36. The van der Waals surface area contributed by atoms with E-state index >= 15 is 0 Å². The molecular formula is C28H32N8O2. The van der Waals surface area contributed by atoms with Crippen LogP contribution in [-0.2, 0) is 4.74 Å². The summed E-state index contributed by atoms with van der Waals surface area (Å²) in [7, 11) is 0. The summed E-state index contributed by atoms with van der Waals surface area (Å²) in [6, 6.07) is 13.7. The highest BCUT2D eigenvalue weighted by molar-refractivity contribution is 6.04. The predicted molar refractivity (Wildman–Crippen MR) is 149 cm³/mol. The fourth-order valence-corrected chi connectivity index (χ4v) is 5.04. The molecule has 2 saturated heterocycles. The number of benzene rings is 1. The second-order valence-corrected chi connectivity index (χ2v) is 9.76. The van der Waals surface area contributed by atoms with Crippen molar-refractivity contribution in [1.82, 2.24) is 19.9 Å². The highest BCUT2D eigenvalue weighted by Crippen LogP contribution is 2.26. The Bertz CT molecular complexity index is 1440. The molecule has 10 heteroatoms. The zero-order valence-electron chi connectivity index (χ0n) is 21.8. The number of piperazine rings is 1. The van der Waals surface area contributed by atoms with E-state index in [2.05, 4.69) is 48.8 Å². The fourth-order valence-electron chi connectivity index (χ4n) is 5.04. The Kier molecular flexibility index (Phi) is 6.55. The minimum atomic E-state index is -0.250. The van der Waals surface area contributed by atoms with Gasteiger partial charge in [-0.05, 0) is 49.7 Å². The molecule has 5 heterocycles. The molecule has 3 aromatic heterocycles. The van der Waals surface area contributed by atoms with Gasteiger partial charge in [-0.3, -0.25) is 4.79 Å². The van der Waals surface area contributed by atoms with Crippen LogP contribution in [0.25, 0.3) is 10.9 Å². The SMILES string of the molecule is Cc1[nH]c2ccc(NC(=O)c3cc(N4CCN(c5ccccn5)CC4)nc(N4CCOCC4)n3)cc2c1C. The van der Waals surface area contributed by atoms with Gasteiger partial charge in [0.05, 0.1) is 13.2 Å². The minimum absolute atomic E-state index is 0.250. The molecule has 0 radical (unpaired) electrons. The summed E-state index contributed by atoms with van der Waals surface area (Å²) in [5, 5.41) is 4.15. The average Bonchev–Trinajstić information content (AvgIpc) is 3.26. The number of anilines is 4. The number of amides is 1. The van der Waals surface area contributed by atoms with Crippen LogP contribution in [0.4, 0.5) is 23.3 Å². The molecule has 2 aliphatic rings. The number of rotatable bonds is 5. The molecule has 6 rings (SSSR count). The Balaban J connectivity index is 1.26. The lowest BCUT2D eigenvalue weighted by Crippen LogP contribution is -2.47. The number of nitrogens with one attached hydrogen (secondary N) is 2. The largest absolute Gasteiger partial charge is 0.378 e. The van der Waals surface area contributed by atoms with Crippen molar-refractivity contribution >= 4 is 40.1 Å². The number of morpholine rings is 1. The van der Waals surface area contributed by atoms with Crippen molar-refractivity contribution < 1.29 is 9.53 Å². The van der Waals surface area contributed by atoms with Gasteiger partial charge in [0.2, 0.25) is 5.95 Å². The van der Waals surface area contributed by atoms with Crippen LogP contribution in [0.5, 0.6) is 0 Å². The van der Waals surface area contributed by atoms with E-state index in [-0.39, 0.29) is 5.91 Å². The Hall–Kier alpha value is -4.18. The van der Waals surface area contributed by atoms with E-state index in [9.17, 15) is 4.79 Å². The molecule has 10 nitrogen and oxygen atoms in total. The predicted octanol–water partition coefficient (Wildman–Crippen LogP) is 3.39. The van der Waals surface area contributed by atoms with Gasteiger partial charge in [-0.25, -0.2) is 9.97 Å². The topological polar surface area (TPSA) is 103 Å². The standard InChI is InChI=1S/C28H32N8O2/c1-19-20(2)30-23-7-6-21(17-22(19)23)31-27(37)24-18-26(33-28(32-24)36-13-15-38-16-14-36)35-11-9-34(10-12-35)25-5-3-4-8-29-25/h3-8,17-18,30H,9-16H2,1-2H3,(H,31,37). The molecule has 0 spiro atoms. The van der Waals surface area contributed by atoms with Crippen molar-refractivity contribution in [3.8, 4) is 0 Å². The van der Waals surface area contributed by atoms with Crippen molar-refractivity contribution in [3.05, 3.63) is 65.6 Å². The van der Waals surface area contributed by atoms with E-state index < -0.39 is 0 Å². The molecule has 0 saturated carbocycles. The van der Waals surface area contributed by atoms with E-state index in [1.54, 1.807) is 6.07 Å². The number of carbonyl (C=O) groups is 1. The molecule has 38 heavy (non-hydrogen) atoms. The number of hydrogen-bond acceptors (Lipinski definition) is 8. The van der Waals surface area contributed by atoms with Gasteiger partial charge in [-0.1, -0.05) is 6.07 Å². The number of aromatic nitrogens is 4. The molecular weight excluding hydrogens is 480 g/mol. The van der Waals surface area contributed by atoms with Crippen LogP contribution in [0.15, 0.2) is 48.7 Å². The summed E-state index contributed by atoms with van der Waals surface area (Å²) < 4.78 is 5.52. The number of nitrogens with zero attached hydrogens (tertiary/aromatic N) is 6. The lowest BCUT2D eigenvalue weighted by molar-refractivity contribution is 0.102. The summed E-state index contributed by atoms with van der Waals surface area (Å²) in [4.78, 5) is 37.5. The maximum Gasteiger partial charge on any atom is 0.274 e. The number of ether oxygens (including phenoxy) is 1. The molecule has 0 atom stereocenters. The van der Waals surface area contributed by atoms with E-state index in [0.29, 0.717) is 37.9 Å². The molecule has 2 N–H and O–H groups in total. The summed E-state index contributed by atoms with van der Waals surface area (Å²) in [5.41, 5.74) is 4.45. The highest BCUT2D eigenvalue weighted by Gasteiger charge is 2.24. The lowest BCUT2D eigenvalue weighted by atomic mass is 10.1. The first kappa shape index (κ1) is 24.2. The van der Waals surface area contributed by atoms with Gasteiger partial charge in [0.15, 0.2) is 0 Å². The van der Waals surface area contributed by atoms with Gasteiger partial charge in [0.1, 0.15) is 17.3 Å². The molecule has 0 bridgehead atoms. The third kappa shape index (κ3) is 4.87. The Morgan fingerprint density at radius 1 is 0.895 bits per heavy atom. The van der Waals surface area contributed by atoms with Crippen molar-refractivity contribution in [2.45, 2.75) is 13.8 Å². The van der Waals surface area contributed by atoms with Crippen molar-refractivity contribution in [3.63, 3.8) is 0 Å². The van der Waals surface area contributed by atoms with Crippen LogP contribution in [0.3, 0.4) is 0 Å². The number of carbonyl (C=O) groups excluding carboxylic acids is 1. The summed E-state index contributed by atoms with van der Waals surface area (Å²) >= 11 is 0. The van der Waals surface area contributed by atoms with Crippen LogP contribution < -0.4 is 20.0 Å². The first-order valence-electron chi connectivity index (χ1n) is 13.1. The van der Waals surface area contributed by atoms with E-state index in [1.807, 2.05) is 42.6 Å². The maximum atomic E-state index is 13.5. The van der Waals surface area contributed by atoms with Crippen LogP contribution >= 0.6 is 0 Å². The summed E-state index contributed by atoms with van der Waals surface area (Å²) in [5.74, 6) is 2.06. The number of pyridine rings is 1. The van der Waals surface area contributed by atoms with E-state index in [1.165, 1.54) is 5.56 Å². The number of aryl methyl sites for hydroxylation is 2. The fraction of sp³-hybridized carbons (Fsp3) is 0.357. The third-order valence-corrected chi connectivity index (χ3v) is 7.37. The zero-order chi connectivity index (χ0) is 26.1. The molecule has 0 aliphatic carbocycles. The number of H-pyrrole nitrogens is 1. The van der Waals surface area contributed by atoms with E-state index in [0.717, 1.165) is 60.1 Å². The number of fused-ring (bicyclic) bond motifs is 1.